The van der Waals surface area contributed by atoms with Crippen LogP contribution in [-0.4, -0.2) is 0 Å². The quantitative estimate of drug-likeness (QED) is 0.157. The van der Waals surface area contributed by atoms with Gasteiger partial charge in [0.15, 0.2) is 0 Å². The van der Waals surface area contributed by atoms with Crippen molar-refractivity contribution in [3.05, 3.63) is 206 Å². The zero-order valence-corrected chi connectivity index (χ0v) is 33.6. The third-order valence-corrected chi connectivity index (χ3v) is 13.3. The molecular formula is C56H34N2O2S. The van der Waals surface area contributed by atoms with E-state index in [0.717, 1.165) is 78.0 Å². The summed E-state index contributed by atoms with van der Waals surface area (Å²) in [5.74, 6) is 0. The van der Waals surface area contributed by atoms with Crippen molar-refractivity contribution < 1.29 is 8.83 Å². The van der Waals surface area contributed by atoms with Crippen molar-refractivity contribution in [1.82, 2.24) is 0 Å². The summed E-state index contributed by atoms with van der Waals surface area (Å²) in [7, 11) is 0. The predicted molar refractivity (Wildman–Crippen MR) is 255 cm³/mol. The van der Waals surface area contributed by atoms with Crippen molar-refractivity contribution in [1.29, 1.82) is 0 Å². The molecule has 1 aliphatic rings. The molecule has 0 unspecified atom stereocenters. The first-order valence-electron chi connectivity index (χ1n) is 20.6. The number of fused-ring (bicyclic) bond motifs is 10. The second-order valence-electron chi connectivity index (χ2n) is 15.7. The van der Waals surface area contributed by atoms with Crippen LogP contribution >= 0.6 is 11.8 Å². The Morgan fingerprint density at radius 1 is 0.295 bits per heavy atom. The zero-order chi connectivity index (χ0) is 40.0. The van der Waals surface area contributed by atoms with Crippen LogP contribution in [0.1, 0.15) is 0 Å². The van der Waals surface area contributed by atoms with E-state index in [1.165, 1.54) is 42.5 Å². The summed E-state index contributed by atoms with van der Waals surface area (Å²) in [5.41, 5.74) is 12.7. The summed E-state index contributed by atoms with van der Waals surface area (Å²) in [6.07, 6.45) is 0. The molecule has 0 saturated carbocycles. The van der Waals surface area contributed by atoms with Gasteiger partial charge in [-0.15, -0.1) is 0 Å². The molecule has 0 amide bonds. The second kappa shape index (κ2) is 13.4. The SMILES string of the molecule is c1ccc(N(c2ccc3c(c2)Sc2cccc4c2c-3cc2ccc(N(c3ccccc3)c3ccc5oc6ccccc6c5c3)cc24)c2ccc3oc4ccccc4c3c2)cc1. The minimum Gasteiger partial charge on any atom is -0.456 e. The number of furan rings is 2. The minimum atomic E-state index is 0.888. The van der Waals surface area contributed by atoms with Gasteiger partial charge in [0.05, 0.1) is 0 Å². The van der Waals surface area contributed by atoms with Crippen molar-refractivity contribution in [2.75, 3.05) is 9.80 Å². The standard InChI is InChI=1S/C56H34N2O2S/c1-3-12-36(13-4-1)57(39-25-28-52-47(32-39)42-16-7-9-19-50(42)59-52)38-23-22-35-30-49-44-27-24-41(34-55(44)61-54-21-11-18-45(56(49)54)46(35)31-38)58(37-14-5-2-6-15-37)40-26-29-53-48(33-40)43-17-8-10-20-51(43)60-53/h1-34H. The molecular weight excluding hydrogens is 765 g/mol. The summed E-state index contributed by atoms with van der Waals surface area (Å²) in [6.45, 7) is 0. The second-order valence-corrected chi connectivity index (χ2v) is 16.8. The lowest BCUT2D eigenvalue weighted by atomic mass is 9.92. The van der Waals surface area contributed by atoms with Gasteiger partial charge in [0.2, 0.25) is 0 Å². The lowest BCUT2D eigenvalue weighted by molar-refractivity contribution is 0.668. The van der Waals surface area contributed by atoms with Gasteiger partial charge in [0, 0.05) is 70.8 Å². The molecule has 12 aromatic rings. The lowest BCUT2D eigenvalue weighted by Gasteiger charge is -2.28. The molecule has 2 aromatic heterocycles. The van der Waals surface area contributed by atoms with Crippen LogP contribution in [0.25, 0.3) is 76.5 Å². The highest BCUT2D eigenvalue weighted by molar-refractivity contribution is 7.99. The van der Waals surface area contributed by atoms with Crippen LogP contribution in [-0.2, 0) is 0 Å². The Balaban J connectivity index is 0.944. The Kier molecular flexibility index (Phi) is 7.50. The first-order chi connectivity index (χ1) is 30.2. The van der Waals surface area contributed by atoms with Gasteiger partial charge >= 0.3 is 0 Å². The van der Waals surface area contributed by atoms with Gasteiger partial charge < -0.3 is 18.6 Å². The maximum absolute atomic E-state index is 6.22. The van der Waals surface area contributed by atoms with Gasteiger partial charge in [-0.3, -0.25) is 0 Å². The van der Waals surface area contributed by atoms with E-state index >= 15 is 0 Å². The van der Waals surface area contributed by atoms with Crippen molar-refractivity contribution in [3.63, 3.8) is 0 Å². The summed E-state index contributed by atoms with van der Waals surface area (Å²) in [5, 5.41) is 9.44. The predicted octanol–water partition coefficient (Wildman–Crippen LogP) is 16.9. The van der Waals surface area contributed by atoms with Gasteiger partial charge in [0.25, 0.3) is 0 Å². The van der Waals surface area contributed by atoms with Crippen LogP contribution in [0.2, 0.25) is 0 Å². The largest absolute Gasteiger partial charge is 0.456 e. The number of hydrogen-bond donors (Lipinski definition) is 0. The van der Waals surface area contributed by atoms with Gasteiger partial charge in [-0.2, -0.15) is 0 Å². The van der Waals surface area contributed by atoms with E-state index in [0.29, 0.717) is 0 Å². The molecule has 0 atom stereocenters. The van der Waals surface area contributed by atoms with Gasteiger partial charge in [-0.25, -0.2) is 0 Å². The summed E-state index contributed by atoms with van der Waals surface area (Å²) >= 11 is 1.86. The fourth-order valence-electron chi connectivity index (χ4n) is 9.43. The smallest absolute Gasteiger partial charge is 0.135 e. The van der Waals surface area contributed by atoms with Crippen LogP contribution in [0, 0.1) is 0 Å². The average molecular weight is 799 g/mol. The summed E-state index contributed by atoms with van der Waals surface area (Å²) < 4.78 is 12.4. The molecule has 0 aliphatic carbocycles. The molecule has 5 heteroatoms. The number of para-hydroxylation sites is 4. The van der Waals surface area contributed by atoms with Crippen LogP contribution < -0.4 is 9.80 Å². The summed E-state index contributed by atoms with van der Waals surface area (Å²) in [4.78, 5) is 7.21. The fraction of sp³-hybridized carbons (Fsp3) is 0. The molecule has 61 heavy (non-hydrogen) atoms. The number of rotatable bonds is 6. The van der Waals surface area contributed by atoms with Crippen LogP contribution in [0.5, 0.6) is 0 Å². The molecule has 0 radical (unpaired) electrons. The highest BCUT2D eigenvalue weighted by Gasteiger charge is 2.24. The van der Waals surface area contributed by atoms with E-state index in [1.807, 2.05) is 36.0 Å². The topological polar surface area (TPSA) is 32.8 Å². The van der Waals surface area contributed by atoms with E-state index in [4.69, 9.17) is 8.83 Å². The first kappa shape index (κ1) is 34.2. The maximum Gasteiger partial charge on any atom is 0.135 e. The van der Waals surface area contributed by atoms with Crippen molar-refractivity contribution >= 4 is 111 Å². The minimum absolute atomic E-state index is 0.888. The highest BCUT2D eigenvalue weighted by atomic mass is 32.2. The molecule has 286 valence electrons. The lowest BCUT2D eigenvalue weighted by Crippen LogP contribution is -2.10. The Bertz CT molecular complexity index is 3700. The molecule has 0 saturated heterocycles. The zero-order valence-electron chi connectivity index (χ0n) is 32.7. The number of nitrogens with zero attached hydrogens (tertiary/aromatic N) is 2. The number of anilines is 6. The first-order valence-corrected chi connectivity index (χ1v) is 21.4. The average Bonchev–Trinajstić information content (AvgIpc) is 3.88. The Labute approximate surface area is 355 Å². The highest BCUT2D eigenvalue weighted by Crippen LogP contribution is 2.52. The van der Waals surface area contributed by atoms with Gasteiger partial charge in [0.1, 0.15) is 22.3 Å². The monoisotopic (exact) mass is 798 g/mol. The van der Waals surface area contributed by atoms with E-state index in [9.17, 15) is 0 Å². The Morgan fingerprint density at radius 3 is 1.41 bits per heavy atom. The molecule has 3 heterocycles. The fourth-order valence-corrected chi connectivity index (χ4v) is 10.6. The molecule has 0 N–H and O–H groups in total. The molecule has 0 bridgehead atoms. The van der Waals surface area contributed by atoms with E-state index in [1.54, 1.807) is 0 Å². The van der Waals surface area contributed by atoms with Gasteiger partial charge in [-0.1, -0.05) is 109 Å². The Morgan fingerprint density at radius 2 is 0.787 bits per heavy atom. The van der Waals surface area contributed by atoms with Crippen LogP contribution in [0.4, 0.5) is 34.1 Å². The third kappa shape index (κ3) is 5.41. The van der Waals surface area contributed by atoms with E-state index in [2.05, 4.69) is 192 Å². The van der Waals surface area contributed by atoms with Crippen molar-refractivity contribution in [2.45, 2.75) is 9.79 Å². The molecule has 13 rings (SSSR count). The Hall–Kier alpha value is -7.73. The molecule has 1 aliphatic heterocycles. The number of benzene rings is 10. The molecule has 0 fully saturated rings. The van der Waals surface area contributed by atoms with E-state index < -0.39 is 0 Å². The van der Waals surface area contributed by atoms with E-state index in [-0.39, 0.29) is 0 Å². The van der Waals surface area contributed by atoms with Crippen molar-refractivity contribution in [3.8, 4) is 11.1 Å². The van der Waals surface area contributed by atoms with Crippen molar-refractivity contribution in [2.24, 2.45) is 0 Å². The summed E-state index contributed by atoms with van der Waals surface area (Å²) in [6, 6.07) is 73.9. The van der Waals surface area contributed by atoms with Gasteiger partial charge in [-0.05, 0) is 136 Å². The number of hydrogen-bond acceptors (Lipinski definition) is 5. The maximum atomic E-state index is 6.22. The normalized spacial score (nSPS) is 12.2. The molecule has 4 nitrogen and oxygen atoms in total. The van der Waals surface area contributed by atoms with Crippen LogP contribution in [0.15, 0.2) is 225 Å². The third-order valence-electron chi connectivity index (χ3n) is 12.2. The molecule has 10 aromatic carbocycles. The molecule has 0 spiro atoms. The van der Waals surface area contributed by atoms with Crippen LogP contribution in [0.3, 0.4) is 0 Å².